The molecule has 1 fully saturated rings. The number of aromatic nitrogens is 4. The van der Waals surface area contributed by atoms with Crippen molar-refractivity contribution in [2.45, 2.75) is 31.5 Å². The lowest BCUT2D eigenvalue weighted by molar-refractivity contribution is -0.148. The van der Waals surface area contributed by atoms with E-state index in [2.05, 4.69) is 30.5 Å². The van der Waals surface area contributed by atoms with Crippen LogP contribution in [0.5, 0.6) is 0 Å². The van der Waals surface area contributed by atoms with E-state index in [1.165, 1.54) is 25.7 Å². The van der Waals surface area contributed by atoms with Crippen LogP contribution in [0.1, 0.15) is 24.9 Å². The Bertz CT molecular complexity index is 1090. The number of allylic oxidation sites excluding steroid dienone is 1. The zero-order valence-electron chi connectivity index (χ0n) is 18.8. The summed E-state index contributed by atoms with van der Waals surface area (Å²) in [5.74, 6) is -4.63. The van der Waals surface area contributed by atoms with Crippen molar-refractivity contribution >= 4 is 23.5 Å². The van der Waals surface area contributed by atoms with E-state index in [9.17, 15) is 26.7 Å². The number of carbonyl (C=O) groups is 1. The first-order valence-corrected chi connectivity index (χ1v) is 10.5. The third kappa shape index (κ3) is 6.25. The van der Waals surface area contributed by atoms with E-state index < -0.39 is 48.6 Å². The maximum atomic E-state index is 14.4. The number of hydrogen-bond acceptors (Lipinski definition) is 8. The lowest BCUT2D eigenvalue weighted by atomic mass is 9.88. The molecule has 0 saturated carbocycles. The monoisotopic (exact) mass is 498 g/mol. The standard InChI is InChI=1S/C21H23F5N8O/c1-12-8-20(22,23)11-34(14(12)10-31-16-5-4-15(32-33-16)21(24,25)26)19(35)17(27)13(9-28-2)18-29-6-3-7-30-18/h3-7,9,12,14H,8,10-11,27H2,1-2H3,(H,31,33). The van der Waals surface area contributed by atoms with Crippen molar-refractivity contribution in [3.8, 4) is 0 Å². The molecule has 0 bridgehead atoms. The minimum Gasteiger partial charge on any atom is -0.394 e. The van der Waals surface area contributed by atoms with Gasteiger partial charge in [0.1, 0.15) is 11.5 Å². The van der Waals surface area contributed by atoms with Gasteiger partial charge in [-0.1, -0.05) is 6.92 Å². The fourth-order valence-electron chi connectivity index (χ4n) is 3.75. The van der Waals surface area contributed by atoms with Crippen LogP contribution in [0, 0.1) is 5.92 Å². The molecule has 188 valence electrons. The smallest absolute Gasteiger partial charge is 0.394 e. The average Bonchev–Trinajstić information content (AvgIpc) is 2.80. The van der Waals surface area contributed by atoms with E-state index >= 15 is 0 Å². The van der Waals surface area contributed by atoms with Crippen molar-refractivity contribution in [2.75, 3.05) is 25.5 Å². The summed E-state index contributed by atoms with van der Waals surface area (Å²) >= 11 is 0. The molecular formula is C21H23F5N8O. The number of aliphatic imine (C=N–C) groups is 1. The molecule has 1 aliphatic heterocycles. The molecule has 2 aromatic heterocycles. The maximum Gasteiger partial charge on any atom is 0.435 e. The highest BCUT2D eigenvalue weighted by Gasteiger charge is 2.46. The number of alkyl halides is 5. The fourth-order valence-corrected chi connectivity index (χ4v) is 3.75. The van der Waals surface area contributed by atoms with Gasteiger partial charge in [0, 0.05) is 38.6 Å². The Morgan fingerprint density at radius 1 is 1.29 bits per heavy atom. The predicted molar refractivity (Wildman–Crippen MR) is 117 cm³/mol. The minimum atomic E-state index is -4.65. The first-order chi connectivity index (χ1) is 16.4. The molecule has 3 N–H and O–H groups in total. The second kappa shape index (κ2) is 10.3. The Balaban J connectivity index is 1.88. The number of nitrogens with zero attached hydrogens (tertiary/aromatic N) is 6. The molecule has 0 radical (unpaired) electrons. The van der Waals surface area contributed by atoms with Crippen molar-refractivity contribution in [1.82, 2.24) is 25.1 Å². The molecule has 2 unspecified atom stereocenters. The number of nitrogens with one attached hydrogen (secondary N) is 1. The van der Waals surface area contributed by atoms with Crippen molar-refractivity contribution in [3.63, 3.8) is 0 Å². The molecule has 0 spiro atoms. The van der Waals surface area contributed by atoms with Gasteiger partial charge in [0.2, 0.25) is 0 Å². The van der Waals surface area contributed by atoms with Gasteiger partial charge in [-0.25, -0.2) is 18.7 Å². The Morgan fingerprint density at radius 2 is 1.97 bits per heavy atom. The van der Waals surface area contributed by atoms with Gasteiger partial charge in [0.15, 0.2) is 11.5 Å². The third-order valence-electron chi connectivity index (χ3n) is 5.37. The summed E-state index contributed by atoms with van der Waals surface area (Å²) in [5, 5.41) is 9.37. The molecule has 35 heavy (non-hydrogen) atoms. The van der Waals surface area contributed by atoms with E-state index in [1.807, 2.05) is 0 Å². The lowest BCUT2D eigenvalue weighted by Crippen LogP contribution is -2.58. The van der Waals surface area contributed by atoms with Gasteiger partial charge >= 0.3 is 6.18 Å². The van der Waals surface area contributed by atoms with E-state index in [0.717, 1.165) is 17.0 Å². The van der Waals surface area contributed by atoms with Crippen LogP contribution in [0.4, 0.5) is 27.8 Å². The molecule has 2 aromatic rings. The summed E-state index contributed by atoms with van der Waals surface area (Å²) in [7, 11) is 1.44. The largest absolute Gasteiger partial charge is 0.435 e. The van der Waals surface area contributed by atoms with Gasteiger partial charge in [-0.3, -0.25) is 9.79 Å². The van der Waals surface area contributed by atoms with Crippen LogP contribution in [0.25, 0.3) is 5.57 Å². The molecule has 9 nitrogen and oxygen atoms in total. The predicted octanol–water partition coefficient (Wildman–Crippen LogP) is 2.64. The molecular weight excluding hydrogens is 475 g/mol. The van der Waals surface area contributed by atoms with Crippen molar-refractivity contribution in [1.29, 1.82) is 0 Å². The molecule has 3 heterocycles. The van der Waals surface area contributed by atoms with E-state index in [0.29, 0.717) is 0 Å². The molecule has 14 heteroatoms. The van der Waals surface area contributed by atoms with Crippen LogP contribution < -0.4 is 11.1 Å². The highest BCUT2D eigenvalue weighted by atomic mass is 19.4. The third-order valence-corrected chi connectivity index (χ3v) is 5.37. The lowest BCUT2D eigenvalue weighted by Gasteiger charge is -2.43. The molecule has 0 aliphatic carbocycles. The summed E-state index contributed by atoms with van der Waals surface area (Å²) in [4.78, 5) is 26.2. The number of halogens is 5. The molecule has 0 aromatic carbocycles. The topological polar surface area (TPSA) is 122 Å². The van der Waals surface area contributed by atoms with Crippen LogP contribution in [0.3, 0.4) is 0 Å². The van der Waals surface area contributed by atoms with Crippen LogP contribution >= 0.6 is 0 Å². The minimum absolute atomic E-state index is 0.00469. The molecule has 1 saturated heterocycles. The van der Waals surface area contributed by atoms with E-state index in [1.54, 1.807) is 13.0 Å². The quantitative estimate of drug-likeness (QED) is 0.357. The summed E-state index contributed by atoms with van der Waals surface area (Å²) in [6, 6.07) is 2.59. The summed E-state index contributed by atoms with van der Waals surface area (Å²) in [5.41, 5.74) is 4.62. The zero-order chi connectivity index (χ0) is 25.8. The van der Waals surface area contributed by atoms with Crippen LogP contribution in [0.15, 0.2) is 41.3 Å². The van der Waals surface area contributed by atoms with Gasteiger partial charge < -0.3 is 16.0 Å². The molecule has 3 rings (SSSR count). The number of likely N-dealkylation sites (tertiary alicyclic amines) is 1. The first kappa shape index (κ1) is 25.9. The summed E-state index contributed by atoms with van der Waals surface area (Å²) in [6.07, 6.45) is -1.02. The number of piperidine rings is 1. The van der Waals surface area contributed by atoms with E-state index in [-0.39, 0.29) is 29.5 Å². The Morgan fingerprint density at radius 3 is 2.54 bits per heavy atom. The number of rotatable bonds is 6. The molecule has 1 aliphatic rings. The van der Waals surface area contributed by atoms with Crippen LogP contribution in [-0.4, -0.2) is 69.3 Å². The van der Waals surface area contributed by atoms with Gasteiger partial charge in [-0.2, -0.15) is 13.2 Å². The average molecular weight is 498 g/mol. The zero-order valence-corrected chi connectivity index (χ0v) is 18.8. The van der Waals surface area contributed by atoms with Crippen LogP contribution in [-0.2, 0) is 11.0 Å². The normalized spacial score (nSPS) is 21.1. The second-order valence-corrected chi connectivity index (χ2v) is 8.01. The highest BCUT2D eigenvalue weighted by molar-refractivity contribution is 6.17. The van der Waals surface area contributed by atoms with Gasteiger partial charge in [-0.15, -0.1) is 10.2 Å². The summed E-state index contributed by atoms with van der Waals surface area (Å²) in [6.45, 7) is 0.580. The fraction of sp³-hybridized carbons (Fsp3) is 0.429. The van der Waals surface area contributed by atoms with Crippen molar-refractivity contribution in [3.05, 3.63) is 47.8 Å². The van der Waals surface area contributed by atoms with Gasteiger partial charge in [-0.05, 0) is 24.1 Å². The summed E-state index contributed by atoms with van der Waals surface area (Å²) < 4.78 is 67.0. The number of hydrogen-bond donors (Lipinski definition) is 2. The molecule has 2 atom stereocenters. The van der Waals surface area contributed by atoms with Crippen LogP contribution in [0.2, 0.25) is 0 Å². The number of anilines is 1. The SMILES string of the molecule is CN=CC(=C(N)C(=O)N1CC(F)(F)CC(C)C1CNc1ccc(C(F)(F)F)nn1)c1ncccn1. The Labute approximate surface area is 197 Å². The Kier molecular flexibility index (Phi) is 7.60. The van der Waals surface area contributed by atoms with Crippen molar-refractivity contribution in [2.24, 2.45) is 16.6 Å². The molecule has 1 amide bonds. The first-order valence-electron chi connectivity index (χ1n) is 10.5. The van der Waals surface area contributed by atoms with Crippen molar-refractivity contribution < 1.29 is 26.7 Å². The number of carbonyl (C=O) groups excluding carboxylic acids is 1. The van der Waals surface area contributed by atoms with E-state index in [4.69, 9.17) is 5.73 Å². The van der Waals surface area contributed by atoms with Gasteiger partial charge in [0.05, 0.1) is 18.2 Å². The Hall–Kier alpha value is -3.71. The maximum absolute atomic E-state index is 14.4. The number of nitrogens with two attached hydrogens (primary N) is 1. The highest BCUT2D eigenvalue weighted by Crippen LogP contribution is 2.35. The second-order valence-electron chi connectivity index (χ2n) is 8.01. The number of amides is 1. The van der Waals surface area contributed by atoms with Gasteiger partial charge in [0.25, 0.3) is 11.8 Å².